The second kappa shape index (κ2) is 15.0. The van der Waals surface area contributed by atoms with Gasteiger partial charge in [0, 0.05) is 24.9 Å². The van der Waals surface area contributed by atoms with E-state index in [2.05, 4.69) is 16.0 Å². The molecule has 0 saturated carbocycles. The fourth-order valence-corrected chi connectivity index (χ4v) is 6.63. The molecule has 45 heavy (non-hydrogen) atoms. The summed E-state index contributed by atoms with van der Waals surface area (Å²) in [4.78, 5) is 76.5. The number of carbonyl (C=O) groups excluding carboxylic acids is 4. The number of aliphatic hydroxyl groups excluding tert-OH is 1. The summed E-state index contributed by atoms with van der Waals surface area (Å²) in [6.07, 6.45) is -1.76. The van der Waals surface area contributed by atoms with E-state index in [1.165, 1.54) is 16.7 Å². The number of anilines is 1. The van der Waals surface area contributed by atoms with Gasteiger partial charge in [0.15, 0.2) is 0 Å². The molecule has 4 rings (SSSR count). The summed E-state index contributed by atoms with van der Waals surface area (Å²) in [5.74, 6) is -4.52. The topological polar surface area (TPSA) is 202 Å². The molecular weight excluding hydrogens is 604 g/mol. The lowest BCUT2D eigenvalue weighted by atomic mass is 10.0. The molecule has 2 aromatic carbocycles. The van der Waals surface area contributed by atoms with Crippen molar-refractivity contribution in [3.63, 3.8) is 0 Å². The zero-order valence-corrected chi connectivity index (χ0v) is 25.4. The Bertz CT molecular complexity index is 1440. The van der Waals surface area contributed by atoms with Gasteiger partial charge in [-0.25, -0.2) is 0 Å². The van der Waals surface area contributed by atoms with Crippen LogP contribution < -0.4 is 20.9 Å². The molecular formula is C31H36N4O9S. The lowest BCUT2D eigenvalue weighted by Gasteiger charge is -2.30. The molecule has 0 spiro atoms. The fraction of sp³-hybridized carbons (Fsp3) is 0.419. The second-order valence-electron chi connectivity index (χ2n) is 11.1. The van der Waals surface area contributed by atoms with Crippen LogP contribution in [0.4, 0.5) is 5.69 Å². The normalized spacial score (nSPS) is 19.0. The predicted molar refractivity (Wildman–Crippen MR) is 164 cm³/mol. The molecule has 0 saturated heterocycles. The van der Waals surface area contributed by atoms with Crippen LogP contribution in [0.15, 0.2) is 48.5 Å². The minimum Gasteiger partial charge on any atom is -0.481 e. The summed E-state index contributed by atoms with van der Waals surface area (Å²) in [5, 5.41) is 37.1. The number of hydrogen-bond donors (Lipinski definition) is 6. The van der Waals surface area contributed by atoms with Crippen LogP contribution in [0.3, 0.4) is 0 Å². The Morgan fingerprint density at radius 1 is 0.956 bits per heavy atom. The summed E-state index contributed by atoms with van der Waals surface area (Å²) in [6.45, 7) is 1.14. The molecule has 13 nitrogen and oxygen atoms in total. The number of aryl methyl sites for hydroxylation is 1. The highest BCUT2D eigenvalue weighted by molar-refractivity contribution is 7.98. The number of aliphatic carboxylic acids is 2. The molecule has 6 N–H and O–H groups in total. The van der Waals surface area contributed by atoms with Crippen LogP contribution in [-0.4, -0.2) is 86.9 Å². The van der Waals surface area contributed by atoms with Crippen molar-refractivity contribution in [2.75, 3.05) is 10.7 Å². The van der Waals surface area contributed by atoms with Gasteiger partial charge >= 0.3 is 11.9 Å². The number of hydrogen-bond acceptors (Lipinski definition) is 8. The third kappa shape index (κ3) is 8.60. The third-order valence-electron chi connectivity index (χ3n) is 7.69. The Morgan fingerprint density at radius 3 is 2.31 bits per heavy atom. The number of thioether (sulfide) groups is 1. The molecule has 5 atom stereocenters. The SMILES string of the molecule is CC(=O)N[C@@H](CC(=O)O)C(=O)N[C@H]1CCc2cccc3c2N(C1=O)[C@H](C(=O)N[C@@H](CC(=O)O)[C@H](O)CSCc1ccccc1)C3. The zero-order chi connectivity index (χ0) is 32.7. The van der Waals surface area contributed by atoms with Gasteiger partial charge in [-0.15, -0.1) is 0 Å². The molecule has 2 heterocycles. The largest absolute Gasteiger partial charge is 0.481 e. The third-order valence-corrected chi connectivity index (χ3v) is 8.80. The van der Waals surface area contributed by atoms with Gasteiger partial charge in [0.2, 0.25) is 23.6 Å². The van der Waals surface area contributed by atoms with Crippen molar-refractivity contribution < 1.29 is 44.1 Å². The maximum absolute atomic E-state index is 13.9. The first-order valence-corrected chi connectivity index (χ1v) is 15.6. The highest BCUT2D eigenvalue weighted by Crippen LogP contribution is 2.39. The molecule has 0 unspecified atom stereocenters. The number of carbonyl (C=O) groups is 6. The van der Waals surface area contributed by atoms with E-state index in [-0.39, 0.29) is 18.6 Å². The van der Waals surface area contributed by atoms with Gasteiger partial charge in [-0.05, 0) is 29.5 Å². The van der Waals surface area contributed by atoms with E-state index >= 15 is 0 Å². The van der Waals surface area contributed by atoms with E-state index in [4.69, 9.17) is 0 Å². The van der Waals surface area contributed by atoms with Gasteiger partial charge in [-0.1, -0.05) is 48.5 Å². The molecule has 0 fully saturated rings. The Labute approximate surface area is 263 Å². The van der Waals surface area contributed by atoms with Gasteiger partial charge < -0.3 is 31.3 Å². The van der Waals surface area contributed by atoms with Crippen LogP contribution in [0.25, 0.3) is 0 Å². The van der Waals surface area contributed by atoms with Crippen molar-refractivity contribution in [2.45, 2.75) is 75.1 Å². The van der Waals surface area contributed by atoms with Gasteiger partial charge in [0.1, 0.15) is 18.1 Å². The second-order valence-corrected chi connectivity index (χ2v) is 12.1. The summed E-state index contributed by atoms with van der Waals surface area (Å²) in [6, 6.07) is 10.2. The number of nitrogens with zero attached hydrogens (tertiary/aromatic N) is 1. The fourth-order valence-electron chi connectivity index (χ4n) is 5.61. The lowest BCUT2D eigenvalue weighted by molar-refractivity contribution is -0.141. The van der Waals surface area contributed by atoms with E-state index in [0.29, 0.717) is 17.9 Å². The minimum atomic E-state index is -1.41. The molecule has 0 aliphatic carbocycles. The molecule has 0 bridgehead atoms. The first-order chi connectivity index (χ1) is 21.4. The predicted octanol–water partition coefficient (Wildman–Crippen LogP) is 0.609. The first kappa shape index (κ1) is 33.5. The molecule has 2 aliphatic rings. The van der Waals surface area contributed by atoms with Gasteiger partial charge in [-0.2, -0.15) is 11.8 Å². The highest BCUT2D eigenvalue weighted by atomic mass is 32.2. The first-order valence-electron chi connectivity index (χ1n) is 14.5. The molecule has 4 amide bonds. The van der Waals surface area contributed by atoms with E-state index in [9.17, 15) is 44.1 Å². The van der Waals surface area contributed by atoms with Crippen LogP contribution in [0, 0.1) is 0 Å². The maximum atomic E-state index is 13.9. The van der Waals surface area contributed by atoms with Crippen LogP contribution in [0.1, 0.15) is 42.9 Å². The number of carboxylic acid groups (broad SMARTS) is 2. The maximum Gasteiger partial charge on any atom is 0.305 e. The van der Waals surface area contributed by atoms with Crippen LogP contribution in [0.5, 0.6) is 0 Å². The van der Waals surface area contributed by atoms with Crippen molar-refractivity contribution in [3.05, 3.63) is 65.2 Å². The van der Waals surface area contributed by atoms with Gasteiger partial charge in [0.05, 0.1) is 30.7 Å². The average Bonchev–Trinajstić information content (AvgIpc) is 3.32. The smallest absolute Gasteiger partial charge is 0.305 e. The van der Waals surface area contributed by atoms with Crippen molar-refractivity contribution in [1.29, 1.82) is 0 Å². The summed E-state index contributed by atoms with van der Waals surface area (Å²) < 4.78 is 0. The summed E-state index contributed by atoms with van der Waals surface area (Å²) >= 11 is 1.39. The van der Waals surface area contributed by atoms with Crippen molar-refractivity contribution in [2.24, 2.45) is 0 Å². The van der Waals surface area contributed by atoms with Crippen molar-refractivity contribution in [1.82, 2.24) is 16.0 Å². The number of carboxylic acids is 2. The van der Waals surface area contributed by atoms with Crippen molar-refractivity contribution >= 4 is 53.0 Å². The summed E-state index contributed by atoms with van der Waals surface area (Å²) in [7, 11) is 0. The Hall–Kier alpha value is -4.43. The van der Waals surface area contributed by atoms with E-state index in [1.54, 1.807) is 12.1 Å². The van der Waals surface area contributed by atoms with Gasteiger partial charge in [0.25, 0.3) is 0 Å². The Balaban J connectivity index is 1.51. The Morgan fingerprint density at radius 2 is 1.64 bits per heavy atom. The number of para-hydroxylation sites is 1. The number of rotatable bonds is 14. The van der Waals surface area contributed by atoms with E-state index in [0.717, 1.165) is 23.6 Å². The highest BCUT2D eigenvalue weighted by Gasteiger charge is 2.45. The van der Waals surface area contributed by atoms with E-state index in [1.807, 2.05) is 36.4 Å². The number of benzene rings is 2. The van der Waals surface area contributed by atoms with Crippen molar-refractivity contribution in [3.8, 4) is 0 Å². The number of amides is 4. The number of aliphatic hydroxyl groups is 1. The molecule has 240 valence electrons. The Kier molecular flexibility index (Phi) is 11.2. The van der Waals surface area contributed by atoms with E-state index < -0.39 is 78.7 Å². The van der Waals surface area contributed by atoms with Crippen LogP contribution >= 0.6 is 11.8 Å². The lowest BCUT2D eigenvalue weighted by Crippen LogP contribution is -2.58. The monoisotopic (exact) mass is 640 g/mol. The summed E-state index contributed by atoms with van der Waals surface area (Å²) in [5.41, 5.74) is 3.07. The zero-order valence-electron chi connectivity index (χ0n) is 24.6. The van der Waals surface area contributed by atoms with Crippen LogP contribution in [0.2, 0.25) is 0 Å². The number of nitrogens with one attached hydrogen (secondary N) is 3. The van der Waals surface area contributed by atoms with Crippen LogP contribution in [-0.2, 0) is 47.4 Å². The molecule has 0 aromatic heterocycles. The quantitative estimate of drug-likeness (QED) is 0.170. The average molecular weight is 641 g/mol. The molecule has 14 heteroatoms. The standard InChI is InChI=1S/C31H36N4O9S/c1-17(36)32-23(14-27(40)41)29(42)33-21-11-10-19-8-5-9-20-12-24(35(28(19)20)31(21)44)30(43)34-22(13-26(38)39)25(37)16-45-15-18-6-3-2-4-7-18/h2-9,21-25,37H,10-16H2,1H3,(H,32,36)(H,33,42)(H,34,43)(H,38,39)(H,40,41)/t21-,22-,23-,24-,25+/m0/s1. The molecule has 0 radical (unpaired) electrons. The van der Waals surface area contributed by atoms with Gasteiger partial charge in [-0.3, -0.25) is 33.7 Å². The minimum absolute atomic E-state index is 0.133. The molecule has 2 aromatic rings. The molecule has 2 aliphatic heterocycles.